The van der Waals surface area contributed by atoms with Crippen LogP contribution < -0.4 is 5.32 Å². The summed E-state index contributed by atoms with van der Waals surface area (Å²) in [6.45, 7) is 0. The third-order valence-corrected chi connectivity index (χ3v) is 4.12. The van der Waals surface area contributed by atoms with Gasteiger partial charge in [0.2, 0.25) is 0 Å². The first-order valence-electron chi connectivity index (χ1n) is 5.52. The fourth-order valence-electron chi connectivity index (χ4n) is 3.14. The molecule has 2 rings (SSSR count). The van der Waals surface area contributed by atoms with Crippen molar-refractivity contribution in [1.82, 2.24) is 5.32 Å². The second kappa shape index (κ2) is 3.37. The predicted molar refractivity (Wildman–Crippen MR) is 52.2 cm³/mol. The van der Waals surface area contributed by atoms with Gasteiger partial charge in [-0.25, -0.2) is 0 Å². The average Bonchev–Trinajstić information content (AvgIpc) is 2.55. The van der Waals surface area contributed by atoms with E-state index in [0.717, 1.165) is 11.5 Å². The minimum atomic E-state index is 0.813. The van der Waals surface area contributed by atoms with Crippen LogP contribution >= 0.6 is 0 Å². The normalized spacial score (nSPS) is 29.8. The molecule has 2 aliphatic carbocycles. The first-order chi connectivity index (χ1) is 5.85. The minimum Gasteiger partial charge on any atom is -0.317 e. The third-order valence-electron chi connectivity index (χ3n) is 4.12. The summed E-state index contributed by atoms with van der Waals surface area (Å²) in [6, 6.07) is 0.830. The van der Waals surface area contributed by atoms with Crippen LogP contribution in [0, 0.1) is 5.41 Å². The van der Waals surface area contributed by atoms with E-state index in [2.05, 4.69) is 12.4 Å². The summed E-state index contributed by atoms with van der Waals surface area (Å²) in [5.74, 6) is 0. The van der Waals surface area contributed by atoms with Crippen LogP contribution in [0.25, 0.3) is 0 Å². The molecule has 0 radical (unpaired) electrons. The Morgan fingerprint density at radius 1 is 1.00 bits per heavy atom. The van der Waals surface area contributed by atoms with Gasteiger partial charge in [-0.2, -0.15) is 0 Å². The molecular weight excluding hydrogens is 146 g/mol. The summed E-state index contributed by atoms with van der Waals surface area (Å²) in [5, 5.41) is 3.41. The molecule has 0 amide bonds. The predicted octanol–water partition coefficient (Wildman–Crippen LogP) is 2.71. The van der Waals surface area contributed by atoms with Crippen molar-refractivity contribution in [2.75, 3.05) is 7.05 Å². The maximum Gasteiger partial charge on any atom is 0.00644 e. The fourth-order valence-corrected chi connectivity index (χ4v) is 3.14. The van der Waals surface area contributed by atoms with Gasteiger partial charge in [0.15, 0.2) is 0 Å². The Morgan fingerprint density at radius 2 is 1.58 bits per heavy atom. The molecule has 1 nitrogen and oxygen atoms in total. The Hall–Kier alpha value is -0.0400. The highest BCUT2D eigenvalue weighted by Crippen LogP contribution is 2.48. The highest BCUT2D eigenvalue weighted by Gasteiger charge is 2.36. The second-order valence-corrected chi connectivity index (χ2v) is 4.77. The quantitative estimate of drug-likeness (QED) is 0.633. The van der Waals surface area contributed by atoms with Gasteiger partial charge in [0.05, 0.1) is 0 Å². The first-order valence-corrected chi connectivity index (χ1v) is 5.52. The van der Waals surface area contributed by atoms with E-state index in [1.165, 1.54) is 51.4 Å². The number of rotatable bonds is 1. The van der Waals surface area contributed by atoms with E-state index in [1.807, 2.05) is 0 Å². The maximum absolute atomic E-state index is 3.41. The average molecular weight is 167 g/mol. The molecule has 0 saturated heterocycles. The van der Waals surface area contributed by atoms with E-state index in [1.54, 1.807) is 0 Å². The van der Waals surface area contributed by atoms with E-state index < -0.39 is 0 Å². The minimum absolute atomic E-state index is 0.813. The van der Waals surface area contributed by atoms with Gasteiger partial charge in [-0.05, 0) is 51.0 Å². The molecule has 0 bridgehead atoms. The molecule has 2 saturated carbocycles. The van der Waals surface area contributed by atoms with E-state index >= 15 is 0 Å². The zero-order valence-electron chi connectivity index (χ0n) is 8.23. The number of nitrogens with one attached hydrogen (secondary N) is 1. The molecule has 2 fully saturated rings. The molecule has 0 unspecified atom stereocenters. The molecule has 12 heavy (non-hydrogen) atoms. The highest BCUT2D eigenvalue weighted by molar-refractivity contribution is 4.90. The highest BCUT2D eigenvalue weighted by atomic mass is 14.9. The Morgan fingerprint density at radius 3 is 2.08 bits per heavy atom. The summed E-state index contributed by atoms with van der Waals surface area (Å²) >= 11 is 0. The van der Waals surface area contributed by atoms with Gasteiger partial charge < -0.3 is 5.32 Å². The molecule has 1 heteroatoms. The Labute approximate surface area is 75.9 Å². The molecule has 0 atom stereocenters. The van der Waals surface area contributed by atoms with Crippen molar-refractivity contribution in [3.05, 3.63) is 0 Å². The Bertz CT molecular complexity index is 137. The summed E-state index contributed by atoms with van der Waals surface area (Å²) in [6.07, 6.45) is 11.9. The molecule has 2 aliphatic rings. The smallest absolute Gasteiger partial charge is 0.00644 e. The van der Waals surface area contributed by atoms with E-state index in [4.69, 9.17) is 0 Å². The molecule has 0 aromatic rings. The van der Waals surface area contributed by atoms with Gasteiger partial charge in [0.1, 0.15) is 0 Å². The number of hydrogen-bond acceptors (Lipinski definition) is 1. The van der Waals surface area contributed by atoms with Gasteiger partial charge in [-0.1, -0.05) is 12.8 Å². The van der Waals surface area contributed by atoms with Crippen molar-refractivity contribution in [3.8, 4) is 0 Å². The summed E-state index contributed by atoms with van der Waals surface area (Å²) in [4.78, 5) is 0. The monoisotopic (exact) mass is 167 g/mol. The summed E-state index contributed by atoms with van der Waals surface area (Å²) < 4.78 is 0. The van der Waals surface area contributed by atoms with Gasteiger partial charge >= 0.3 is 0 Å². The van der Waals surface area contributed by atoms with Gasteiger partial charge in [-0.15, -0.1) is 0 Å². The summed E-state index contributed by atoms with van der Waals surface area (Å²) in [5.41, 5.74) is 0.813. The molecule has 0 aromatic heterocycles. The van der Waals surface area contributed by atoms with Crippen molar-refractivity contribution in [1.29, 1.82) is 0 Å². The lowest BCUT2D eigenvalue weighted by Crippen LogP contribution is -2.34. The lowest BCUT2D eigenvalue weighted by atomic mass is 9.71. The second-order valence-electron chi connectivity index (χ2n) is 4.77. The largest absolute Gasteiger partial charge is 0.317 e. The van der Waals surface area contributed by atoms with Crippen LogP contribution in [0.1, 0.15) is 51.4 Å². The first kappa shape index (κ1) is 8.55. The van der Waals surface area contributed by atoms with Crippen molar-refractivity contribution in [2.45, 2.75) is 57.4 Å². The van der Waals surface area contributed by atoms with Crippen LogP contribution in [0.5, 0.6) is 0 Å². The lowest BCUT2D eigenvalue weighted by molar-refractivity contribution is 0.172. The van der Waals surface area contributed by atoms with E-state index in [0.29, 0.717) is 0 Å². The third kappa shape index (κ3) is 1.52. The van der Waals surface area contributed by atoms with E-state index in [9.17, 15) is 0 Å². The van der Waals surface area contributed by atoms with Gasteiger partial charge in [0.25, 0.3) is 0 Å². The zero-order valence-corrected chi connectivity index (χ0v) is 8.23. The Kier molecular flexibility index (Phi) is 2.40. The maximum atomic E-state index is 3.41. The topological polar surface area (TPSA) is 12.0 Å². The lowest BCUT2D eigenvalue weighted by Gasteiger charge is -2.37. The van der Waals surface area contributed by atoms with Gasteiger partial charge in [0, 0.05) is 6.04 Å². The molecule has 70 valence electrons. The molecular formula is C11H21N. The van der Waals surface area contributed by atoms with Crippen LogP contribution in [-0.2, 0) is 0 Å². The SMILES string of the molecule is CNC1CCC2(CCCC2)CC1. The van der Waals surface area contributed by atoms with Crippen LogP contribution in [0.4, 0.5) is 0 Å². The van der Waals surface area contributed by atoms with Crippen molar-refractivity contribution in [3.63, 3.8) is 0 Å². The molecule has 0 aromatic carbocycles. The Balaban J connectivity index is 1.88. The molecule has 0 heterocycles. The van der Waals surface area contributed by atoms with Crippen molar-refractivity contribution >= 4 is 0 Å². The fraction of sp³-hybridized carbons (Fsp3) is 1.00. The van der Waals surface area contributed by atoms with Crippen LogP contribution in [0.15, 0.2) is 0 Å². The molecule has 0 aliphatic heterocycles. The van der Waals surface area contributed by atoms with Crippen LogP contribution in [0.3, 0.4) is 0 Å². The van der Waals surface area contributed by atoms with Crippen LogP contribution in [0.2, 0.25) is 0 Å². The summed E-state index contributed by atoms with van der Waals surface area (Å²) in [7, 11) is 2.11. The zero-order chi connectivity index (χ0) is 8.44. The standard InChI is InChI=1S/C11H21N/c1-12-10-4-8-11(9-5-10)6-2-3-7-11/h10,12H,2-9H2,1H3. The molecule has 1 N–H and O–H groups in total. The van der Waals surface area contributed by atoms with Crippen LogP contribution in [-0.4, -0.2) is 13.1 Å². The molecule has 1 spiro atoms. The van der Waals surface area contributed by atoms with Gasteiger partial charge in [-0.3, -0.25) is 0 Å². The van der Waals surface area contributed by atoms with Crippen molar-refractivity contribution < 1.29 is 0 Å². The number of hydrogen-bond donors (Lipinski definition) is 1. The van der Waals surface area contributed by atoms with Crippen molar-refractivity contribution in [2.24, 2.45) is 5.41 Å². The van der Waals surface area contributed by atoms with E-state index in [-0.39, 0.29) is 0 Å².